The molecule has 0 aliphatic heterocycles. The Morgan fingerprint density at radius 2 is 2.00 bits per heavy atom. The highest BCUT2D eigenvalue weighted by Crippen LogP contribution is 2.48. The quantitative estimate of drug-likeness (QED) is 0.723. The average molecular weight is 266 g/mol. The second-order valence-corrected chi connectivity index (χ2v) is 7.31. The predicted molar refractivity (Wildman–Crippen MR) is 83.4 cm³/mol. The molecule has 1 N–H and O–H groups in total. The summed E-state index contributed by atoms with van der Waals surface area (Å²) >= 11 is 0. The van der Waals surface area contributed by atoms with E-state index in [0.29, 0.717) is 12.1 Å². The Hall–Kier alpha value is -0.0800. The van der Waals surface area contributed by atoms with Crippen LogP contribution in [0, 0.1) is 17.8 Å². The molecule has 0 aromatic heterocycles. The molecule has 0 radical (unpaired) electrons. The van der Waals surface area contributed by atoms with Crippen LogP contribution in [0.25, 0.3) is 0 Å². The Labute approximate surface area is 120 Å². The normalized spacial score (nSPS) is 33.0. The van der Waals surface area contributed by atoms with Gasteiger partial charge in [0.1, 0.15) is 0 Å². The molecular formula is C17H34N2. The van der Waals surface area contributed by atoms with Gasteiger partial charge in [0.25, 0.3) is 0 Å². The molecule has 0 heterocycles. The van der Waals surface area contributed by atoms with Gasteiger partial charge in [-0.15, -0.1) is 0 Å². The van der Waals surface area contributed by atoms with E-state index in [0.717, 1.165) is 24.3 Å². The SMILES string of the molecule is CCCNC(C)CC(C)N(C)CC1CC2CCC1C2. The van der Waals surface area contributed by atoms with Crippen LogP contribution in [0.3, 0.4) is 0 Å². The van der Waals surface area contributed by atoms with E-state index in [1.54, 1.807) is 6.42 Å². The predicted octanol–water partition coefficient (Wildman–Crippen LogP) is 3.52. The highest BCUT2D eigenvalue weighted by Gasteiger charge is 2.39. The third-order valence-corrected chi connectivity index (χ3v) is 5.60. The van der Waals surface area contributed by atoms with Crippen LogP contribution >= 0.6 is 0 Å². The van der Waals surface area contributed by atoms with Gasteiger partial charge in [0.15, 0.2) is 0 Å². The van der Waals surface area contributed by atoms with Gasteiger partial charge in [-0.2, -0.15) is 0 Å². The molecule has 0 aromatic rings. The Bertz CT molecular complexity index is 266. The van der Waals surface area contributed by atoms with E-state index in [1.165, 1.54) is 38.6 Å². The third-order valence-electron chi connectivity index (χ3n) is 5.60. The van der Waals surface area contributed by atoms with E-state index in [-0.39, 0.29) is 0 Å². The summed E-state index contributed by atoms with van der Waals surface area (Å²) in [7, 11) is 2.34. The Morgan fingerprint density at radius 3 is 2.58 bits per heavy atom. The number of rotatable bonds is 8. The molecule has 0 aromatic carbocycles. The summed E-state index contributed by atoms with van der Waals surface area (Å²) < 4.78 is 0. The first kappa shape index (κ1) is 15.3. The van der Waals surface area contributed by atoms with Gasteiger partial charge in [-0.1, -0.05) is 13.3 Å². The maximum Gasteiger partial charge on any atom is 0.00787 e. The maximum absolute atomic E-state index is 3.61. The second-order valence-electron chi connectivity index (χ2n) is 7.31. The third kappa shape index (κ3) is 4.19. The average Bonchev–Trinajstić information content (AvgIpc) is 2.98. The number of fused-ring (bicyclic) bond motifs is 2. The highest BCUT2D eigenvalue weighted by molar-refractivity contribution is 4.91. The van der Waals surface area contributed by atoms with E-state index in [9.17, 15) is 0 Å². The summed E-state index contributed by atoms with van der Waals surface area (Å²) in [4.78, 5) is 2.62. The number of hydrogen-bond acceptors (Lipinski definition) is 2. The van der Waals surface area contributed by atoms with Crippen molar-refractivity contribution in [2.75, 3.05) is 20.1 Å². The molecule has 2 fully saturated rings. The van der Waals surface area contributed by atoms with Gasteiger partial charge in [0.05, 0.1) is 0 Å². The maximum atomic E-state index is 3.61. The molecule has 112 valence electrons. The smallest absolute Gasteiger partial charge is 0.00787 e. The Kier molecular flexibility index (Phi) is 5.70. The van der Waals surface area contributed by atoms with Crippen LogP contribution < -0.4 is 5.32 Å². The zero-order valence-corrected chi connectivity index (χ0v) is 13.5. The minimum atomic E-state index is 0.650. The van der Waals surface area contributed by atoms with Crippen molar-refractivity contribution in [1.82, 2.24) is 10.2 Å². The molecule has 5 unspecified atom stereocenters. The van der Waals surface area contributed by atoms with Crippen LogP contribution in [0.1, 0.15) is 59.3 Å². The van der Waals surface area contributed by atoms with Crippen molar-refractivity contribution in [3.05, 3.63) is 0 Å². The first-order valence-corrected chi connectivity index (χ1v) is 8.53. The van der Waals surface area contributed by atoms with E-state index in [1.807, 2.05) is 0 Å². The van der Waals surface area contributed by atoms with Crippen LogP contribution in [0.4, 0.5) is 0 Å². The summed E-state index contributed by atoms with van der Waals surface area (Å²) in [6.07, 6.45) is 8.62. The van der Waals surface area contributed by atoms with Crippen LogP contribution in [0.5, 0.6) is 0 Å². The van der Waals surface area contributed by atoms with Gasteiger partial charge in [0.2, 0.25) is 0 Å². The van der Waals surface area contributed by atoms with Gasteiger partial charge in [-0.25, -0.2) is 0 Å². The van der Waals surface area contributed by atoms with Gasteiger partial charge < -0.3 is 10.2 Å². The standard InChI is InChI=1S/C17H34N2/c1-5-8-18-13(2)9-14(3)19(4)12-17-11-15-6-7-16(17)10-15/h13-18H,5-12H2,1-4H3. The lowest BCUT2D eigenvalue weighted by atomic mass is 9.88. The molecule has 2 heteroatoms. The summed E-state index contributed by atoms with van der Waals surface area (Å²) in [6, 6.07) is 1.36. The second kappa shape index (κ2) is 7.08. The first-order chi connectivity index (χ1) is 9.10. The van der Waals surface area contributed by atoms with Crippen LogP contribution in [-0.4, -0.2) is 37.1 Å². The molecular weight excluding hydrogens is 232 g/mol. The highest BCUT2D eigenvalue weighted by atomic mass is 15.1. The topological polar surface area (TPSA) is 15.3 Å². The van der Waals surface area contributed by atoms with Crippen molar-refractivity contribution in [3.8, 4) is 0 Å². The van der Waals surface area contributed by atoms with E-state index < -0.39 is 0 Å². The fourth-order valence-electron chi connectivity index (χ4n) is 4.32. The van der Waals surface area contributed by atoms with Crippen LogP contribution in [0.2, 0.25) is 0 Å². The number of nitrogens with zero attached hydrogens (tertiary/aromatic N) is 1. The zero-order chi connectivity index (χ0) is 13.8. The van der Waals surface area contributed by atoms with Crippen molar-refractivity contribution in [3.63, 3.8) is 0 Å². The van der Waals surface area contributed by atoms with E-state index >= 15 is 0 Å². The minimum Gasteiger partial charge on any atom is -0.314 e. The molecule has 2 aliphatic rings. The van der Waals surface area contributed by atoms with Crippen molar-refractivity contribution in [1.29, 1.82) is 0 Å². The van der Waals surface area contributed by atoms with Gasteiger partial charge in [0, 0.05) is 18.6 Å². The van der Waals surface area contributed by atoms with E-state index in [4.69, 9.17) is 0 Å². The lowest BCUT2D eigenvalue weighted by Crippen LogP contribution is -2.39. The lowest BCUT2D eigenvalue weighted by Gasteiger charge is -2.32. The molecule has 0 spiro atoms. The molecule has 2 aliphatic carbocycles. The molecule has 5 atom stereocenters. The number of hydrogen-bond donors (Lipinski definition) is 1. The van der Waals surface area contributed by atoms with Gasteiger partial charge >= 0.3 is 0 Å². The molecule has 2 saturated carbocycles. The fraction of sp³-hybridized carbons (Fsp3) is 1.00. The molecule has 2 bridgehead atoms. The Balaban J connectivity index is 1.68. The molecule has 0 saturated heterocycles. The zero-order valence-electron chi connectivity index (χ0n) is 13.5. The summed E-state index contributed by atoms with van der Waals surface area (Å²) in [5.41, 5.74) is 0. The molecule has 0 amide bonds. The van der Waals surface area contributed by atoms with Crippen molar-refractivity contribution in [2.45, 2.75) is 71.4 Å². The lowest BCUT2D eigenvalue weighted by molar-refractivity contribution is 0.168. The first-order valence-electron chi connectivity index (χ1n) is 8.53. The molecule has 19 heavy (non-hydrogen) atoms. The summed E-state index contributed by atoms with van der Waals surface area (Å²) in [5.74, 6) is 3.16. The van der Waals surface area contributed by atoms with Crippen molar-refractivity contribution in [2.24, 2.45) is 17.8 Å². The molecule has 2 rings (SSSR count). The van der Waals surface area contributed by atoms with Crippen molar-refractivity contribution < 1.29 is 0 Å². The number of nitrogens with one attached hydrogen (secondary N) is 1. The van der Waals surface area contributed by atoms with Crippen molar-refractivity contribution >= 4 is 0 Å². The largest absolute Gasteiger partial charge is 0.314 e. The minimum absolute atomic E-state index is 0.650. The fourth-order valence-corrected chi connectivity index (χ4v) is 4.32. The Morgan fingerprint density at radius 1 is 1.21 bits per heavy atom. The summed E-state index contributed by atoms with van der Waals surface area (Å²) in [6.45, 7) is 9.46. The van der Waals surface area contributed by atoms with Gasteiger partial charge in [-0.3, -0.25) is 0 Å². The summed E-state index contributed by atoms with van der Waals surface area (Å²) in [5, 5.41) is 3.61. The van der Waals surface area contributed by atoms with Crippen LogP contribution in [0.15, 0.2) is 0 Å². The monoisotopic (exact) mass is 266 g/mol. The molecule has 2 nitrogen and oxygen atoms in total. The van der Waals surface area contributed by atoms with Gasteiger partial charge in [-0.05, 0) is 77.3 Å². The van der Waals surface area contributed by atoms with Crippen LogP contribution in [-0.2, 0) is 0 Å². The van der Waals surface area contributed by atoms with E-state index in [2.05, 4.69) is 38.0 Å².